The lowest BCUT2D eigenvalue weighted by Gasteiger charge is -2.31. The summed E-state index contributed by atoms with van der Waals surface area (Å²) in [6, 6.07) is 0.541. The lowest BCUT2D eigenvalue weighted by atomic mass is 10.2. The van der Waals surface area contributed by atoms with Gasteiger partial charge in [0.2, 0.25) is 0 Å². The average molecular weight is 235 g/mol. The molecule has 0 aromatic carbocycles. The van der Waals surface area contributed by atoms with Crippen LogP contribution in [0, 0.1) is 0 Å². The number of rotatable bonds is 6. The summed E-state index contributed by atoms with van der Waals surface area (Å²) in [7, 11) is 2.15. The molecule has 1 saturated heterocycles. The van der Waals surface area contributed by atoms with Gasteiger partial charge in [-0.3, -0.25) is 0 Å². The number of nitrogens with zero attached hydrogens (tertiary/aromatic N) is 1. The summed E-state index contributed by atoms with van der Waals surface area (Å²) in [5.41, 5.74) is 0. The van der Waals surface area contributed by atoms with E-state index in [1.807, 2.05) is 0 Å². The number of alkyl halides is 1. The van der Waals surface area contributed by atoms with E-state index >= 15 is 0 Å². The molecule has 0 aromatic heterocycles. The van der Waals surface area contributed by atoms with Gasteiger partial charge in [-0.05, 0) is 26.8 Å². The van der Waals surface area contributed by atoms with Crippen LogP contribution in [-0.2, 0) is 4.74 Å². The molecule has 0 spiro atoms. The Hall–Kier alpha value is 0.170. The van der Waals surface area contributed by atoms with Crippen molar-refractivity contribution in [2.24, 2.45) is 0 Å². The van der Waals surface area contributed by atoms with E-state index in [2.05, 4.69) is 24.2 Å². The summed E-state index contributed by atoms with van der Waals surface area (Å²) >= 11 is 5.65. The van der Waals surface area contributed by atoms with Crippen molar-refractivity contribution < 1.29 is 4.74 Å². The fraction of sp³-hybridized carbons (Fsp3) is 1.00. The van der Waals surface area contributed by atoms with Gasteiger partial charge in [-0.1, -0.05) is 0 Å². The van der Waals surface area contributed by atoms with Gasteiger partial charge >= 0.3 is 0 Å². The molecule has 1 N–H and O–H groups in total. The van der Waals surface area contributed by atoms with Crippen molar-refractivity contribution in [1.29, 1.82) is 0 Å². The third kappa shape index (κ3) is 5.71. The summed E-state index contributed by atoms with van der Waals surface area (Å²) in [6.45, 7) is 6.11. The van der Waals surface area contributed by atoms with Crippen molar-refractivity contribution >= 4 is 11.6 Å². The van der Waals surface area contributed by atoms with E-state index in [0.29, 0.717) is 12.1 Å². The van der Waals surface area contributed by atoms with Gasteiger partial charge in [-0.2, -0.15) is 0 Å². The monoisotopic (exact) mass is 234 g/mol. The van der Waals surface area contributed by atoms with E-state index in [1.54, 1.807) is 0 Å². The van der Waals surface area contributed by atoms with Crippen LogP contribution in [0.1, 0.15) is 19.8 Å². The van der Waals surface area contributed by atoms with Crippen LogP contribution >= 0.6 is 11.6 Å². The van der Waals surface area contributed by atoms with E-state index in [-0.39, 0.29) is 0 Å². The van der Waals surface area contributed by atoms with Crippen molar-refractivity contribution in [2.75, 3.05) is 39.2 Å². The van der Waals surface area contributed by atoms with Gasteiger partial charge < -0.3 is 15.0 Å². The smallest absolute Gasteiger partial charge is 0.0826 e. The molecule has 15 heavy (non-hydrogen) atoms. The zero-order valence-electron chi connectivity index (χ0n) is 9.84. The van der Waals surface area contributed by atoms with Crippen LogP contribution in [0.5, 0.6) is 0 Å². The zero-order valence-corrected chi connectivity index (χ0v) is 10.6. The molecule has 1 aliphatic heterocycles. The number of nitrogens with one attached hydrogen (secondary N) is 1. The van der Waals surface area contributed by atoms with Crippen LogP contribution < -0.4 is 5.32 Å². The van der Waals surface area contributed by atoms with Gasteiger partial charge in [0.1, 0.15) is 0 Å². The molecule has 1 heterocycles. The number of likely N-dealkylation sites (N-methyl/N-ethyl adjacent to an activating group) is 1. The van der Waals surface area contributed by atoms with Crippen molar-refractivity contribution in [3.05, 3.63) is 0 Å². The van der Waals surface area contributed by atoms with E-state index in [0.717, 1.165) is 45.0 Å². The SMILES string of the molecule is CC(CCCCl)NCC1CN(C)CCO1. The van der Waals surface area contributed by atoms with Crippen LogP contribution in [0.2, 0.25) is 0 Å². The lowest BCUT2D eigenvalue weighted by molar-refractivity contribution is -0.0191. The Labute approximate surface area is 98.1 Å². The maximum Gasteiger partial charge on any atom is 0.0826 e. The van der Waals surface area contributed by atoms with E-state index in [4.69, 9.17) is 16.3 Å². The van der Waals surface area contributed by atoms with Gasteiger partial charge in [-0.15, -0.1) is 11.6 Å². The van der Waals surface area contributed by atoms with Gasteiger partial charge in [-0.25, -0.2) is 0 Å². The molecule has 0 bridgehead atoms. The second kappa shape index (κ2) is 7.44. The Balaban J connectivity index is 2.07. The van der Waals surface area contributed by atoms with Crippen molar-refractivity contribution in [2.45, 2.75) is 31.9 Å². The third-order valence-electron chi connectivity index (χ3n) is 2.81. The summed E-state index contributed by atoms with van der Waals surface area (Å²) in [5, 5.41) is 3.50. The van der Waals surface area contributed by atoms with Gasteiger partial charge in [0.25, 0.3) is 0 Å². The van der Waals surface area contributed by atoms with E-state index in [9.17, 15) is 0 Å². The topological polar surface area (TPSA) is 24.5 Å². The highest BCUT2D eigenvalue weighted by molar-refractivity contribution is 6.17. The second-order valence-electron chi connectivity index (χ2n) is 4.40. The molecule has 0 amide bonds. The first-order valence-electron chi connectivity index (χ1n) is 5.82. The molecule has 0 aromatic rings. The van der Waals surface area contributed by atoms with E-state index < -0.39 is 0 Å². The summed E-state index contributed by atoms with van der Waals surface area (Å²) < 4.78 is 5.67. The number of ether oxygens (including phenoxy) is 1. The van der Waals surface area contributed by atoms with Crippen LogP contribution in [0.3, 0.4) is 0 Å². The zero-order chi connectivity index (χ0) is 11.1. The highest BCUT2D eigenvalue weighted by Crippen LogP contribution is 2.03. The normalized spacial score (nSPS) is 25.4. The summed E-state index contributed by atoms with van der Waals surface area (Å²) in [5.74, 6) is 0.759. The number of morpholine rings is 1. The lowest BCUT2D eigenvalue weighted by Crippen LogP contribution is -2.46. The molecule has 2 unspecified atom stereocenters. The van der Waals surface area contributed by atoms with Crippen LogP contribution in [0.15, 0.2) is 0 Å². The molecule has 4 heteroatoms. The molecular weight excluding hydrogens is 212 g/mol. The highest BCUT2D eigenvalue weighted by atomic mass is 35.5. The maximum absolute atomic E-state index is 5.67. The second-order valence-corrected chi connectivity index (χ2v) is 4.77. The predicted octanol–water partition coefficient (Wildman–Crippen LogP) is 1.31. The van der Waals surface area contributed by atoms with E-state index in [1.165, 1.54) is 0 Å². The maximum atomic E-state index is 5.67. The Morgan fingerprint density at radius 3 is 3.07 bits per heavy atom. The Morgan fingerprint density at radius 1 is 1.60 bits per heavy atom. The van der Waals surface area contributed by atoms with Crippen molar-refractivity contribution in [3.63, 3.8) is 0 Å². The fourth-order valence-corrected chi connectivity index (χ4v) is 1.96. The minimum atomic E-state index is 0.349. The van der Waals surface area contributed by atoms with Crippen LogP contribution in [-0.4, -0.2) is 56.2 Å². The van der Waals surface area contributed by atoms with Crippen molar-refractivity contribution in [3.8, 4) is 0 Å². The predicted molar refractivity (Wildman–Crippen MR) is 64.7 cm³/mol. The molecule has 1 aliphatic rings. The molecule has 1 fully saturated rings. The van der Waals surface area contributed by atoms with Gasteiger partial charge in [0.15, 0.2) is 0 Å². The third-order valence-corrected chi connectivity index (χ3v) is 3.07. The Kier molecular flexibility index (Phi) is 6.57. The molecule has 90 valence electrons. The molecule has 3 nitrogen and oxygen atoms in total. The highest BCUT2D eigenvalue weighted by Gasteiger charge is 2.17. The number of halogens is 1. The quantitative estimate of drug-likeness (QED) is 0.702. The van der Waals surface area contributed by atoms with Crippen LogP contribution in [0.25, 0.3) is 0 Å². The first-order chi connectivity index (χ1) is 7.22. The molecule has 0 aliphatic carbocycles. The minimum absolute atomic E-state index is 0.349. The Bertz CT molecular complexity index is 169. The summed E-state index contributed by atoms with van der Waals surface area (Å²) in [6.07, 6.45) is 2.58. The Morgan fingerprint density at radius 2 is 2.40 bits per heavy atom. The van der Waals surface area contributed by atoms with Gasteiger partial charge in [0, 0.05) is 31.6 Å². The number of hydrogen-bond acceptors (Lipinski definition) is 3. The first-order valence-corrected chi connectivity index (χ1v) is 6.35. The molecule has 1 rings (SSSR count). The average Bonchev–Trinajstić information content (AvgIpc) is 2.23. The summed E-state index contributed by atoms with van der Waals surface area (Å²) in [4.78, 5) is 2.32. The van der Waals surface area contributed by atoms with Crippen molar-refractivity contribution in [1.82, 2.24) is 10.2 Å². The van der Waals surface area contributed by atoms with Gasteiger partial charge in [0.05, 0.1) is 12.7 Å². The fourth-order valence-electron chi connectivity index (χ4n) is 1.81. The largest absolute Gasteiger partial charge is 0.374 e. The molecule has 0 saturated carbocycles. The molecule has 0 radical (unpaired) electrons. The first kappa shape index (κ1) is 13.2. The molecular formula is C11H23ClN2O. The minimum Gasteiger partial charge on any atom is -0.374 e. The number of hydrogen-bond donors (Lipinski definition) is 1. The standard InChI is InChI=1S/C11H23ClN2O/c1-10(4-3-5-12)13-8-11-9-14(2)6-7-15-11/h10-11,13H,3-9H2,1-2H3. The van der Waals surface area contributed by atoms with Crippen LogP contribution in [0.4, 0.5) is 0 Å². The molecule has 2 atom stereocenters.